The highest BCUT2D eigenvalue weighted by molar-refractivity contribution is 5.04. The fraction of sp³-hybridized carbons (Fsp3) is 0.625. The molecule has 0 aliphatic rings. The molecule has 3 heteroatoms. The Morgan fingerprint density at radius 2 is 2.27 bits per heavy atom. The molecule has 1 aromatic heterocycles. The van der Waals surface area contributed by atoms with E-state index in [1.165, 1.54) is 0 Å². The number of aryl methyl sites for hydroxylation is 1. The molecule has 0 atom stereocenters. The second-order valence-electron chi connectivity index (χ2n) is 2.95. The van der Waals surface area contributed by atoms with Gasteiger partial charge >= 0.3 is 0 Å². The number of hydrogen-bond acceptors (Lipinski definition) is 1. The van der Waals surface area contributed by atoms with Gasteiger partial charge in [0.15, 0.2) is 0 Å². The fourth-order valence-electron chi connectivity index (χ4n) is 0.978. The smallest absolute Gasteiger partial charge is 0.267 e. The number of rotatable bonds is 2. The lowest BCUT2D eigenvalue weighted by molar-refractivity contribution is 0.528. The van der Waals surface area contributed by atoms with Crippen LogP contribution in [0, 0.1) is 0 Å². The second-order valence-corrected chi connectivity index (χ2v) is 2.95. The first-order valence-corrected chi connectivity index (χ1v) is 3.95. The van der Waals surface area contributed by atoms with Crippen LogP contribution in [0.25, 0.3) is 0 Å². The van der Waals surface area contributed by atoms with Crippen LogP contribution in [0.4, 0.5) is 0 Å². The summed E-state index contributed by atoms with van der Waals surface area (Å²) in [5.41, 5.74) is 0.903. The third-order valence-corrected chi connectivity index (χ3v) is 1.75. The highest BCUT2D eigenvalue weighted by atomic mass is 16.1. The van der Waals surface area contributed by atoms with Crippen LogP contribution in [-0.2, 0) is 6.42 Å². The van der Waals surface area contributed by atoms with Gasteiger partial charge in [-0.1, -0.05) is 6.92 Å². The van der Waals surface area contributed by atoms with Gasteiger partial charge in [-0.25, -0.2) is 0 Å². The van der Waals surface area contributed by atoms with E-state index >= 15 is 0 Å². The number of nitrogens with one attached hydrogen (secondary N) is 1. The zero-order valence-corrected chi connectivity index (χ0v) is 7.22. The van der Waals surface area contributed by atoms with E-state index in [1.54, 1.807) is 0 Å². The highest BCUT2D eigenvalue weighted by Crippen LogP contribution is 2.01. The van der Waals surface area contributed by atoms with Crippen molar-refractivity contribution in [2.75, 3.05) is 0 Å². The maximum absolute atomic E-state index is 11.1. The van der Waals surface area contributed by atoms with Gasteiger partial charge in [0.2, 0.25) is 0 Å². The molecule has 0 unspecified atom stereocenters. The zero-order valence-electron chi connectivity index (χ0n) is 7.22. The number of hydrogen-bond donors (Lipinski definition) is 1. The molecule has 1 heterocycles. The van der Waals surface area contributed by atoms with Crippen LogP contribution in [0.2, 0.25) is 0 Å². The molecule has 0 aliphatic carbocycles. The summed E-state index contributed by atoms with van der Waals surface area (Å²) in [5.74, 6) is 0. The summed E-state index contributed by atoms with van der Waals surface area (Å²) in [6.45, 7) is 6.06. The third-order valence-electron chi connectivity index (χ3n) is 1.75. The molecule has 0 bridgehead atoms. The summed E-state index contributed by atoms with van der Waals surface area (Å²) in [6, 6.07) is 0.336. The van der Waals surface area contributed by atoms with Crippen LogP contribution >= 0.6 is 0 Å². The lowest BCUT2D eigenvalue weighted by atomic mass is 10.3. The molecular formula is C8H14N2O. The lowest BCUT2D eigenvalue weighted by Gasteiger charge is -2.03. The maximum atomic E-state index is 11.1. The monoisotopic (exact) mass is 154 g/mol. The molecule has 11 heavy (non-hydrogen) atoms. The van der Waals surface area contributed by atoms with Gasteiger partial charge in [0.1, 0.15) is 0 Å². The van der Waals surface area contributed by atoms with Crippen molar-refractivity contribution >= 4 is 0 Å². The first-order valence-electron chi connectivity index (χ1n) is 3.95. The minimum absolute atomic E-state index is 0.0428. The molecule has 62 valence electrons. The summed E-state index contributed by atoms with van der Waals surface area (Å²) >= 11 is 0. The summed E-state index contributed by atoms with van der Waals surface area (Å²) < 4.78 is 1.83. The van der Waals surface area contributed by atoms with E-state index in [0.717, 1.165) is 12.0 Å². The molecule has 1 N–H and O–H groups in total. The molecule has 3 nitrogen and oxygen atoms in total. The average molecular weight is 154 g/mol. The quantitative estimate of drug-likeness (QED) is 0.685. The fourth-order valence-corrected chi connectivity index (χ4v) is 0.978. The Balaban J connectivity index is 3.05. The van der Waals surface area contributed by atoms with Gasteiger partial charge in [-0.05, 0) is 20.3 Å². The summed E-state index contributed by atoms with van der Waals surface area (Å²) in [7, 11) is 0. The van der Waals surface area contributed by atoms with Crippen LogP contribution in [0.15, 0.2) is 11.0 Å². The predicted octanol–water partition coefficient (Wildman–Crippen LogP) is 1.32. The number of aromatic amines is 1. The molecule has 0 aliphatic heterocycles. The van der Waals surface area contributed by atoms with Gasteiger partial charge in [0.25, 0.3) is 5.56 Å². The third kappa shape index (κ3) is 1.53. The number of aromatic nitrogens is 2. The van der Waals surface area contributed by atoms with Crippen molar-refractivity contribution in [1.29, 1.82) is 0 Å². The van der Waals surface area contributed by atoms with Crippen molar-refractivity contribution in [3.05, 3.63) is 22.1 Å². The Labute approximate surface area is 66.0 Å². The summed E-state index contributed by atoms with van der Waals surface area (Å²) in [4.78, 5) is 11.1. The van der Waals surface area contributed by atoms with Gasteiger partial charge in [-0.2, -0.15) is 0 Å². The van der Waals surface area contributed by atoms with Crippen LogP contribution in [0.5, 0.6) is 0 Å². The Kier molecular flexibility index (Phi) is 2.17. The van der Waals surface area contributed by atoms with E-state index in [1.807, 2.05) is 31.6 Å². The lowest BCUT2D eigenvalue weighted by Crippen LogP contribution is -2.08. The molecule has 1 aromatic rings. The van der Waals surface area contributed by atoms with E-state index in [9.17, 15) is 4.79 Å². The largest absolute Gasteiger partial charge is 0.290 e. The van der Waals surface area contributed by atoms with Crippen LogP contribution in [-0.4, -0.2) is 9.78 Å². The molecule has 0 fully saturated rings. The molecule has 0 radical (unpaired) electrons. The molecule has 0 amide bonds. The van der Waals surface area contributed by atoms with E-state index < -0.39 is 0 Å². The van der Waals surface area contributed by atoms with Gasteiger partial charge in [-0.3, -0.25) is 14.6 Å². The van der Waals surface area contributed by atoms with Crippen LogP contribution in [0.3, 0.4) is 0 Å². The van der Waals surface area contributed by atoms with E-state index in [-0.39, 0.29) is 5.56 Å². The highest BCUT2D eigenvalue weighted by Gasteiger charge is 2.02. The Morgan fingerprint density at radius 3 is 2.55 bits per heavy atom. The second kappa shape index (κ2) is 2.95. The molecule has 1 rings (SSSR count). The minimum atomic E-state index is 0.0428. The normalized spacial score (nSPS) is 10.9. The molecule has 0 aromatic carbocycles. The van der Waals surface area contributed by atoms with Crippen molar-refractivity contribution < 1.29 is 0 Å². The van der Waals surface area contributed by atoms with E-state index in [0.29, 0.717) is 6.04 Å². The van der Waals surface area contributed by atoms with Crippen LogP contribution in [0.1, 0.15) is 32.4 Å². The zero-order chi connectivity index (χ0) is 8.43. The Hall–Kier alpha value is -0.990. The topological polar surface area (TPSA) is 37.8 Å². The SMILES string of the molecule is CCc1cn(C(C)C)[nH]c1=O. The number of H-pyrrole nitrogens is 1. The van der Waals surface area contributed by atoms with Gasteiger partial charge in [0.05, 0.1) is 0 Å². The van der Waals surface area contributed by atoms with Crippen molar-refractivity contribution in [1.82, 2.24) is 9.78 Å². The molecule has 0 saturated carbocycles. The van der Waals surface area contributed by atoms with Crippen molar-refractivity contribution in [3.8, 4) is 0 Å². The van der Waals surface area contributed by atoms with Gasteiger partial charge in [0, 0.05) is 17.8 Å². The standard InChI is InChI=1S/C8H14N2O/c1-4-7-5-10(6(2)3)9-8(7)11/h5-6H,4H2,1-3H3,(H,9,11). The Bertz CT molecular complexity index is 283. The van der Waals surface area contributed by atoms with Gasteiger partial charge in [-0.15, -0.1) is 0 Å². The average Bonchev–Trinajstić information content (AvgIpc) is 2.31. The predicted molar refractivity (Wildman–Crippen MR) is 44.8 cm³/mol. The van der Waals surface area contributed by atoms with E-state index in [4.69, 9.17) is 0 Å². The van der Waals surface area contributed by atoms with Gasteiger partial charge < -0.3 is 0 Å². The van der Waals surface area contributed by atoms with Crippen molar-refractivity contribution in [2.24, 2.45) is 0 Å². The van der Waals surface area contributed by atoms with Crippen molar-refractivity contribution in [2.45, 2.75) is 33.2 Å². The molecule has 0 saturated heterocycles. The van der Waals surface area contributed by atoms with Crippen molar-refractivity contribution in [3.63, 3.8) is 0 Å². The maximum Gasteiger partial charge on any atom is 0.267 e. The minimum Gasteiger partial charge on any atom is -0.290 e. The van der Waals surface area contributed by atoms with E-state index in [2.05, 4.69) is 5.10 Å². The number of nitrogens with zero attached hydrogens (tertiary/aromatic N) is 1. The first-order chi connectivity index (χ1) is 5.15. The Morgan fingerprint density at radius 1 is 1.64 bits per heavy atom. The first kappa shape index (κ1) is 8.11. The molecule has 0 spiro atoms. The summed E-state index contributed by atoms with van der Waals surface area (Å²) in [5, 5.41) is 2.76. The molecular weight excluding hydrogens is 140 g/mol. The summed E-state index contributed by atoms with van der Waals surface area (Å²) in [6.07, 6.45) is 2.68. The van der Waals surface area contributed by atoms with Crippen LogP contribution < -0.4 is 5.56 Å².